The van der Waals surface area contributed by atoms with Crippen LogP contribution in [0.1, 0.15) is 15.9 Å². The average molecular weight is 402 g/mol. The lowest BCUT2D eigenvalue weighted by molar-refractivity contribution is -0.137. The zero-order valence-electron chi connectivity index (χ0n) is 14.2. The molecule has 0 fully saturated rings. The van der Waals surface area contributed by atoms with E-state index in [1.54, 1.807) is 0 Å². The Balaban J connectivity index is 2.15. The van der Waals surface area contributed by atoms with E-state index in [1.165, 1.54) is 43.5 Å². The molecule has 2 N–H and O–H groups in total. The number of carbonyl (C=O) groups is 1. The molecule has 0 saturated heterocycles. The summed E-state index contributed by atoms with van der Waals surface area (Å²) in [5, 5.41) is 2.33. The lowest BCUT2D eigenvalue weighted by Gasteiger charge is -2.13. The molecular formula is C17H17F3N2O4S. The van der Waals surface area contributed by atoms with Crippen molar-refractivity contribution in [2.45, 2.75) is 11.1 Å². The first-order valence-corrected chi connectivity index (χ1v) is 9.20. The first-order valence-electron chi connectivity index (χ1n) is 7.71. The van der Waals surface area contributed by atoms with Gasteiger partial charge in [-0.15, -0.1) is 0 Å². The van der Waals surface area contributed by atoms with Gasteiger partial charge in [0.1, 0.15) is 0 Å². The van der Waals surface area contributed by atoms with E-state index >= 15 is 0 Å². The van der Waals surface area contributed by atoms with Gasteiger partial charge >= 0.3 is 6.18 Å². The standard InChI is InChI=1S/C17H17F3N2O4S/c1-26-11-10-21-27(24,25)13-8-6-12(7-9-13)22-16(23)14-4-2-3-5-15(14)17(18,19)20/h2-9,21H,10-11H2,1H3,(H,22,23). The SMILES string of the molecule is COCCNS(=O)(=O)c1ccc(NC(=O)c2ccccc2C(F)(F)F)cc1. The van der Waals surface area contributed by atoms with Gasteiger partial charge in [-0.25, -0.2) is 13.1 Å². The summed E-state index contributed by atoms with van der Waals surface area (Å²) in [7, 11) is -2.31. The molecule has 1 amide bonds. The maximum atomic E-state index is 13.0. The van der Waals surface area contributed by atoms with E-state index in [2.05, 4.69) is 10.0 Å². The maximum Gasteiger partial charge on any atom is 0.417 e. The molecule has 0 saturated carbocycles. The Bertz CT molecular complexity index is 897. The van der Waals surface area contributed by atoms with Gasteiger partial charge in [-0.3, -0.25) is 4.79 Å². The fraction of sp³-hybridized carbons (Fsp3) is 0.235. The van der Waals surface area contributed by atoms with Crippen molar-refractivity contribution >= 4 is 21.6 Å². The van der Waals surface area contributed by atoms with Crippen LogP contribution in [0.5, 0.6) is 0 Å². The number of sulfonamides is 1. The molecule has 0 aliphatic rings. The highest BCUT2D eigenvalue weighted by atomic mass is 32.2. The number of rotatable bonds is 7. The number of carbonyl (C=O) groups excluding carboxylic acids is 1. The second kappa shape index (κ2) is 8.51. The fourth-order valence-electron chi connectivity index (χ4n) is 2.21. The minimum atomic E-state index is -4.67. The summed E-state index contributed by atoms with van der Waals surface area (Å²) in [5.41, 5.74) is -1.42. The van der Waals surface area contributed by atoms with Gasteiger partial charge in [0.05, 0.1) is 22.6 Å². The number of nitrogens with one attached hydrogen (secondary N) is 2. The number of ether oxygens (including phenoxy) is 1. The van der Waals surface area contributed by atoms with E-state index in [0.29, 0.717) is 0 Å². The molecule has 0 aromatic heterocycles. The van der Waals surface area contributed by atoms with Crippen molar-refractivity contribution in [1.82, 2.24) is 4.72 Å². The molecule has 2 rings (SSSR count). The zero-order chi connectivity index (χ0) is 20.1. The van der Waals surface area contributed by atoms with Crippen molar-refractivity contribution in [2.24, 2.45) is 0 Å². The summed E-state index contributed by atoms with van der Waals surface area (Å²) in [4.78, 5) is 12.1. The second-order valence-corrected chi connectivity index (χ2v) is 7.18. The largest absolute Gasteiger partial charge is 0.417 e. The van der Waals surface area contributed by atoms with E-state index in [4.69, 9.17) is 4.74 Å². The Labute approximate surface area is 154 Å². The van der Waals surface area contributed by atoms with Crippen LogP contribution in [0.15, 0.2) is 53.4 Å². The summed E-state index contributed by atoms with van der Waals surface area (Å²) in [6.45, 7) is 0.289. The molecule has 0 bridgehead atoms. The third-order valence-corrected chi connectivity index (χ3v) is 4.97. The van der Waals surface area contributed by atoms with Crippen molar-refractivity contribution < 1.29 is 31.1 Å². The van der Waals surface area contributed by atoms with Gasteiger partial charge < -0.3 is 10.1 Å². The number of hydrogen-bond acceptors (Lipinski definition) is 4. The third kappa shape index (κ3) is 5.52. The Morgan fingerprint density at radius 1 is 1.07 bits per heavy atom. The number of amides is 1. The molecule has 146 valence electrons. The van der Waals surface area contributed by atoms with Crippen LogP contribution in [0.3, 0.4) is 0 Å². The minimum absolute atomic E-state index is 0.0488. The Morgan fingerprint density at radius 2 is 1.70 bits per heavy atom. The predicted molar refractivity (Wildman–Crippen MR) is 92.9 cm³/mol. The van der Waals surface area contributed by atoms with Gasteiger partial charge in [-0.1, -0.05) is 12.1 Å². The number of benzene rings is 2. The molecule has 2 aromatic rings. The van der Waals surface area contributed by atoms with Crippen molar-refractivity contribution in [3.63, 3.8) is 0 Å². The highest BCUT2D eigenvalue weighted by Gasteiger charge is 2.34. The number of anilines is 1. The summed E-state index contributed by atoms with van der Waals surface area (Å²) in [5.74, 6) is -0.947. The molecule has 0 heterocycles. The van der Waals surface area contributed by atoms with Crippen molar-refractivity contribution in [1.29, 1.82) is 0 Å². The van der Waals surface area contributed by atoms with Crippen LogP contribution in [-0.2, 0) is 20.9 Å². The normalized spacial score (nSPS) is 12.0. The quantitative estimate of drug-likeness (QED) is 0.698. The number of methoxy groups -OCH3 is 1. The molecule has 6 nitrogen and oxygen atoms in total. The van der Waals surface area contributed by atoms with E-state index in [1.807, 2.05) is 0 Å². The summed E-state index contributed by atoms with van der Waals surface area (Å²) in [6, 6.07) is 9.45. The number of alkyl halides is 3. The van der Waals surface area contributed by atoms with Crippen LogP contribution in [0.4, 0.5) is 18.9 Å². The number of halogens is 3. The van der Waals surface area contributed by atoms with E-state index in [-0.39, 0.29) is 23.7 Å². The van der Waals surface area contributed by atoms with Gasteiger partial charge in [-0.05, 0) is 36.4 Å². The molecular weight excluding hydrogens is 385 g/mol. The lowest BCUT2D eigenvalue weighted by Crippen LogP contribution is -2.27. The number of hydrogen-bond donors (Lipinski definition) is 2. The third-order valence-electron chi connectivity index (χ3n) is 3.50. The molecule has 0 radical (unpaired) electrons. The molecule has 0 atom stereocenters. The summed E-state index contributed by atoms with van der Waals surface area (Å²) < 4.78 is 70.1. The molecule has 2 aromatic carbocycles. The van der Waals surface area contributed by atoms with E-state index in [9.17, 15) is 26.4 Å². The minimum Gasteiger partial charge on any atom is -0.383 e. The molecule has 0 spiro atoms. The first-order chi connectivity index (χ1) is 12.6. The maximum absolute atomic E-state index is 13.0. The highest BCUT2D eigenvalue weighted by Crippen LogP contribution is 2.32. The van der Waals surface area contributed by atoms with Gasteiger partial charge in [-0.2, -0.15) is 13.2 Å². The Kier molecular flexibility index (Phi) is 6.58. The van der Waals surface area contributed by atoms with E-state index in [0.717, 1.165) is 12.1 Å². The van der Waals surface area contributed by atoms with Crippen LogP contribution in [-0.4, -0.2) is 34.6 Å². The second-order valence-electron chi connectivity index (χ2n) is 5.41. The van der Waals surface area contributed by atoms with Crippen molar-refractivity contribution in [2.75, 3.05) is 25.6 Å². The van der Waals surface area contributed by atoms with Crippen LogP contribution in [0.25, 0.3) is 0 Å². The fourth-order valence-corrected chi connectivity index (χ4v) is 3.22. The molecule has 0 unspecified atom stereocenters. The van der Waals surface area contributed by atoms with Crippen molar-refractivity contribution in [3.05, 3.63) is 59.7 Å². The van der Waals surface area contributed by atoms with Gasteiger partial charge in [0.25, 0.3) is 5.91 Å². The zero-order valence-corrected chi connectivity index (χ0v) is 15.0. The average Bonchev–Trinajstić information content (AvgIpc) is 2.61. The van der Waals surface area contributed by atoms with Crippen LogP contribution in [0, 0.1) is 0 Å². The first kappa shape index (κ1) is 20.9. The summed E-state index contributed by atoms with van der Waals surface area (Å²) >= 11 is 0. The Hall–Kier alpha value is -2.43. The topological polar surface area (TPSA) is 84.5 Å². The Morgan fingerprint density at radius 3 is 2.30 bits per heavy atom. The molecule has 0 aliphatic heterocycles. The van der Waals surface area contributed by atoms with Gasteiger partial charge in [0.15, 0.2) is 0 Å². The smallest absolute Gasteiger partial charge is 0.383 e. The molecule has 10 heteroatoms. The van der Waals surface area contributed by atoms with Crippen molar-refractivity contribution in [3.8, 4) is 0 Å². The monoisotopic (exact) mass is 402 g/mol. The molecule has 27 heavy (non-hydrogen) atoms. The van der Waals surface area contributed by atoms with Crippen LogP contribution in [0.2, 0.25) is 0 Å². The van der Waals surface area contributed by atoms with Crippen LogP contribution >= 0.6 is 0 Å². The van der Waals surface area contributed by atoms with Gasteiger partial charge in [0, 0.05) is 19.3 Å². The van der Waals surface area contributed by atoms with Crippen LogP contribution < -0.4 is 10.0 Å². The van der Waals surface area contributed by atoms with Gasteiger partial charge in [0.2, 0.25) is 10.0 Å². The highest BCUT2D eigenvalue weighted by molar-refractivity contribution is 7.89. The summed E-state index contributed by atoms with van der Waals surface area (Å²) in [6.07, 6.45) is -4.67. The predicted octanol–water partition coefficient (Wildman–Crippen LogP) is 2.88. The molecule has 0 aliphatic carbocycles. The van der Waals surface area contributed by atoms with E-state index < -0.39 is 33.2 Å². The lowest BCUT2D eigenvalue weighted by atomic mass is 10.1.